The molecule has 0 heterocycles. The summed E-state index contributed by atoms with van der Waals surface area (Å²) in [6, 6.07) is 15.5. The topological polar surface area (TPSA) is 145 Å². The van der Waals surface area contributed by atoms with Crippen LogP contribution in [0.3, 0.4) is 0 Å². The second-order valence-electron chi connectivity index (χ2n) is 6.18. The number of rotatable bonds is 9. The van der Waals surface area contributed by atoms with Gasteiger partial charge in [0.25, 0.3) is 0 Å². The highest BCUT2D eigenvalue weighted by molar-refractivity contribution is 5.99. The molecule has 5 N–H and O–H groups in total. The molecule has 0 saturated carbocycles. The third-order valence-electron chi connectivity index (χ3n) is 4.14. The molecule has 0 saturated heterocycles. The first kappa shape index (κ1) is 21.7. The number of carbonyl (C=O) groups is 2. The normalized spacial score (nSPS) is 16.5. The maximum atomic E-state index is 12.1. The summed E-state index contributed by atoms with van der Waals surface area (Å²) in [6.07, 6.45) is -9.88. The standard InChI is InChI=1S/C20H22O8/c21-14(11-28-20(27)13-9-5-2-6-10-13)16(23)18(25)19(26)17(24)15(22)12-7-3-1-4-8-12/h1-10,14,16-19,21,23-26H,11H2/t14-,16-,17?,18+,19-/m1/s1. The molecule has 2 aromatic rings. The molecule has 8 nitrogen and oxygen atoms in total. The van der Waals surface area contributed by atoms with Crippen LogP contribution in [0.2, 0.25) is 0 Å². The Morgan fingerprint density at radius 2 is 1.21 bits per heavy atom. The van der Waals surface area contributed by atoms with Gasteiger partial charge in [0.15, 0.2) is 5.78 Å². The maximum absolute atomic E-state index is 12.1. The molecule has 2 rings (SSSR count). The summed E-state index contributed by atoms with van der Waals surface area (Å²) in [5, 5.41) is 49.8. The van der Waals surface area contributed by atoms with Crippen molar-refractivity contribution < 1.29 is 39.9 Å². The molecule has 0 amide bonds. The van der Waals surface area contributed by atoms with Crippen LogP contribution >= 0.6 is 0 Å². The van der Waals surface area contributed by atoms with E-state index < -0.39 is 48.9 Å². The fourth-order valence-corrected chi connectivity index (χ4v) is 2.46. The number of hydrogen-bond acceptors (Lipinski definition) is 8. The molecule has 0 aliphatic carbocycles. The molecule has 0 aromatic heterocycles. The van der Waals surface area contributed by atoms with E-state index in [1.165, 1.54) is 24.3 Å². The molecule has 28 heavy (non-hydrogen) atoms. The molecule has 0 aliphatic rings. The van der Waals surface area contributed by atoms with E-state index >= 15 is 0 Å². The van der Waals surface area contributed by atoms with E-state index in [0.717, 1.165) is 0 Å². The first-order valence-corrected chi connectivity index (χ1v) is 8.54. The van der Waals surface area contributed by atoms with Gasteiger partial charge in [-0.25, -0.2) is 4.79 Å². The van der Waals surface area contributed by atoms with Crippen molar-refractivity contribution in [1.29, 1.82) is 0 Å². The Labute approximate surface area is 161 Å². The SMILES string of the molecule is O=C(OC[C@@H](O)[C@@H](O)[C@H](O)[C@H](O)C(O)C(=O)c1ccccc1)c1ccccc1. The average Bonchev–Trinajstić information content (AvgIpc) is 2.75. The molecule has 2 aromatic carbocycles. The minimum Gasteiger partial charge on any atom is -0.459 e. The lowest BCUT2D eigenvalue weighted by Gasteiger charge is -2.28. The van der Waals surface area contributed by atoms with Crippen LogP contribution in [0.5, 0.6) is 0 Å². The summed E-state index contributed by atoms with van der Waals surface area (Å²) in [5.41, 5.74) is 0.335. The fourth-order valence-electron chi connectivity index (χ4n) is 2.46. The molecule has 0 fully saturated rings. The fraction of sp³-hybridized carbons (Fsp3) is 0.300. The molecule has 5 atom stereocenters. The number of hydrogen-bond donors (Lipinski definition) is 5. The Morgan fingerprint density at radius 1 is 0.714 bits per heavy atom. The van der Waals surface area contributed by atoms with E-state index in [1.54, 1.807) is 36.4 Å². The monoisotopic (exact) mass is 390 g/mol. The summed E-state index contributed by atoms with van der Waals surface area (Å²) < 4.78 is 4.85. The van der Waals surface area contributed by atoms with Crippen molar-refractivity contribution in [2.45, 2.75) is 30.5 Å². The van der Waals surface area contributed by atoms with Crippen LogP contribution in [0, 0.1) is 0 Å². The highest BCUT2D eigenvalue weighted by Crippen LogP contribution is 2.14. The second kappa shape index (κ2) is 10.1. The first-order chi connectivity index (χ1) is 13.3. The van der Waals surface area contributed by atoms with E-state index in [0.29, 0.717) is 0 Å². The van der Waals surface area contributed by atoms with Gasteiger partial charge in [-0.2, -0.15) is 0 Å². The second-order valence-corrected chi connectivity index (χ2v) is 6.18. The lowest BCUT2D eigenvalue weighted by Crippen LogP contribution is -2.52. The van der Waals surface area contributed by atoms with Crippen molar-refractivity contribution in [2.75, 3.05) is 6.61 Å². The van der Waals surface area contributed by atoms with Crippen molar-refractivity contribution in [3.63, 3.8) is 0 Å². The zero-order valence-corrected chi connectivity index (χ0v) is 14.8. The summed E-state index contributed by atoms with van der Waals surface area (Å²) >= 11 is 0. The Balaban J connectivity index is 1.91. The Bertz CT molecular complexity index is 764. The van der Waals surface area contributed by atoms with Gasteiger partial charge in [0.1, 0.15) is 37.1 Å². The number of carbonyl (C=O) groups excluding carboxylic acids is 2. The van der Waals surface area contributed by atoms with Crippen molar-refractivity contribution in [3.05, 3.63) is 71.8 Å². The predicted molar refractivity (Wildman–Crippen MR) is 97.5 cm³/mol. The van der Waals surface area contributed by atoms with Crippen molar-refractivity contribution in [1.82, 2.24) is 0 Å². The molecule has 0 aliphatic heterocycles. The van der Waals surface area contributed by atoms with Crippen LogP contribution in [-0.2, 0) is 4.74 Å². The number of benzene rings is 2. The van der Waals surface area contributed by atoms with Crippen molar-refractivity contribution >= 4 is 11.8 Å². The van der Waals surface area contributed by atoms with Gasteiger partial charge in [-0.1, -0.05) is 48.5 Å². The van der Waals surface area contributed by atoms with Crippen LogP contribution in [0.25, 0.3) is 0 Å². The van der Waals surface area contributed by atoms with E-state index in [-0.39, 0.29) is 11.1 Å². The third-order valence-corrected chi connectivity index (χ3v) is 4.14. The van der Waals surface area contributed by atoms with Crippen LogP contribution in [0.4, 0.5) is 0 Å². The van der Waals surface area contributed by atoms with Crippen LogP contribution in [-0.4, -0.2) is 74.4 Å². The van der Waals surface area contributed by atoms with Crippen LogP contribution < -0.4 is 0 Å². The minimum absolute atomic E-state index is 0.105. The highest BCUT2D eigenvalue weighted by atomic mass is 16.5. The molecule has 1 unspecified atom stereocenters. The highest BCUT2D eigenvalue weighted by Gasteiger charge is 2.37. The molecule has 0 spiro atoms. The summed E-state index contributed by atoms with van der Waals surface area (Å²) in [5.74, 6) is -1.61. The first-order valence-electron chi connectivity index (χ1n) is 8.54. The van der Waals surface area contributed by atoms with Gasteiger partial charge < -0.3 is 30.3 Å². The van der Waals surface area contributed by atoms with Gasteiger partial charge in [0.05, 0.1) is 5.56 Å². The minimum atomic E-state index is -2.07. The number of aliphatic hydroxyl groups excluding tert-OH is 5. The Morgan fingerprint density at radius 3 is 1.75 bits per heavy atom. The quantitative estimate of drug-likeness (QED) is 0.285. The number of ether oxygens (including phenoxy) is 1. The lowest BCUT2D eigenvalue weighted by molar-refractivity contribution is -0.134. The van der Waals surface area contributed by atoms with E-state index in [1.807, 2.05) is 0 Å². The van der Waals surface area contributed by atoms with Gasteiger partial charge >= 0.3 is 5.97 Å². The smallest absolute Gasteiger partial charge is 0.338 e. The average molecular weight is 390 g/mol. The largest absolute Gasteiger partial charge is 0.459 e. The zero-order chi connectivity index (χ0) is 20.7. The number of Topliss-reactive ketones (excluding diaryl/α,β-unsaturated/α-hetero) is 1. The summed E-state index contributed by atoms with van der Waals surface area (Å²) in [4.78, 5) is 23.9. The molecule has 0 bridgehead atoms. The van der Waals surface area contributed by atoms with Gasteiger partial charge in [0, 0.05) is 5.56 Å². The van der Waals surface area contributed by atoms with Crippen molar-refractivity contribution in [2.24, 2.45) is 0 Å². The van der Waals surface area contributed by atoms with E-state index in [4.69, 9.17) is 4.74 Å². The Hall–Kier alpha value is -2.62. The van der Waals surface area contributed by atoms with Gasteiger partial charge in [-0.05, 0) is 12.1 Å². The van der Waals surface area contributed by atoms with Crippen LogP contribution in [0.15, 0.2) is 60.7 Å². The number of aliphatic hydroxyl groups is 5. The Kier molecular flexibility index (Phi) is 7.80. The van der Waals surface area contributed by atoms with Gasteiger partial charge in [-0.15, -0.1) is 0 Å². The van der Waals surface area contributed by atoms with Crippen LogP contribution in [0.1, 0.15) is 20.7 Å². The maximum Gasteiger partial charge on any atom is 0.338 e. The van der Waals surface area contributed by atoms with Crippen molar-refractivity contribution in [3.8, 4) is 0 Å². The lowest BCUT2D eigenvalue weighted by atomic mass is 9.94. The summed E-state index contributed by atoms with van der Waals surface area (Å²) in [7, 11) is 0. The van der Waals surface area contributed by atoms with E-state index in [2.05, 4.69) is 0 Å². The number of ketones is 1. The third kappa shape index (κ3) is 5.44. The molecule has 8 heteroatoms. The van der Waals surface area contributed by atoms with Gasteiger partial charge in [-0.3, -0.25) is 4.79 Å². The molecular formula is C20H22O8. The molecule has 150 valence electrons. The number of esters is 1. The zero-order valence-electron chi connectivity index (χ0n) is 14.8. The molecule has 0 radical (unpaired) electrons. The molecular weight excluding hydrogens is 368 g/mol. The van der Waals surface area contributed by atoms with Gasteiger partial charge in [0.2, 0.25) is 0 Å². The summed E-state index contributed by atoms with van der Waals surface area (Å²) in [6.45, 7) is -0.665. The predicted octanol–water partition coefficient (Wildman–Crippen LogP) is -0.469. The van der Waals surface area contributed by atoms with E-state index in [9.17, 15) is 35.1 Å².